The van der Waals surface area contributed by atoms with Gasteiger partial charge in [-0.1, -0.05) is 49.9 Å². The first-order valence-corrected chi connectivity index (χ1v) is 13.4. The number of esters is 1. The van der Waals surface area contributed by atoms with Crippen molar-refractivity contribution < 1.29 is 24.0 Å². The first kappa shape index (κ1) is 29.1. The van der Waals surface area contributed by atoms with E-state index < -0.39 is 14.1 Å². The molecular formula is C29H33N2O5P. The van der Waals surface area contributed by atoms with Crippen LogP contribution in [-0.2, 0) is 25.5 Å². The van der Waals surface area contributed by atoms with E-state index >= 15 is 0 Å². The Kier molecular flexibility index (Phi) is 11.4. The minimum absolute atomic E-state index is 0.109. The highest BCUT2D eigenvalue weighted by atomic mass is 31.1. The van der Waals surface area contributed by atoms with E-state index in [-0.39, 0.29) is 18.3 Å². The third-order valence-electron chi connectivity index (χ3n) is 4.97. The summed E-state index contributed by atoms with van der Waals surface area (Å²) in [5.74, 6) is -0.480. The molecule has 8 heteroatoms. The molecule has 3 rings (SSSR count). The Bertz CT molecular complexity index is 1220. The monoisotopic (exact) mass is 520 g/mol. The van der Waals surface area contributed by atoms with Crippen molar-refractivity contribution in [3.8, 4) is 16.9 Å². The number of carbonyl (C=O) groups is 2. The molecule has 1 unspecified atom stereocenters. The van der Waals surface area contributed by atoms with Crippen LogP contribution in [0.5, 0.6) is 5.75 Å². The first-order valence-electron chi connectivity index (χ1n) is 11.6. The van der Waals surface area contributed by atoms with E-state index in [2.05, 4.69) is 6.58 Å². The van der Waals surface area contributed by atoms with Gasteiger partial charge in [-0.2, -0.15) is 0 Å². The van der Waals surface area contributed by atoms with E-state index in [9.17, 15) is 14.7 Å². The van der Waals surface area contributed by atoms with Crippen LogP contribution in [0.2, 0.25) is 0 Å². The van der Waals surface area contributed by atoms with Gasteiger partial charge >= 0.3 is 11.9 Å². The topological polar surface area (TPSA) is 125 Å². The molecule has 0 radical (unpaired) electrons. The van der Waals surface area contributed by atoms with Crippen molar-refractivity contribution in [1.82, 2.24) is 0 Å². The van der Waals surface area contributed by atoms with E-state index in [1.807, 2.05) is 50.0 Å². The molecule has 0 spiro atoms. The number of nitrogen functional groups attached to an aromatic ring is 2. The summed E-state index contributed by atoms with van der Waals surface area (Å²) < 4.78 is 10.2. The molecule has 5 N–H and O–H groups in total. The molecule has 0 aliphatic carbocycles. The summed E-state index contributed by atoms with van der Waals surface area (Å²) in [6.45, 7) is 9.17. The fraction of sp³-hybridized carbons (Fsp3) is 0.172. The van der Waals surface area contributed by atoms with Crippen LogP contribution in [0.3, 0.4) is 0 Å². The zero-order chi connectivity index (χ0) is 27.4. The summed E-state index contributed by atoms with van der Waals surface area (Å²) in [6.07, 6.45) is 3.98. The van der Waals surface area contributed by atoms with Gasteiger partial charge in [0, 0.05) is 29.2 Å². The van der Waals surface area contributed by atoms with Crippen molar-refractivity contribution in [2.75, 3.05) is 24.3 Å². The second-order valence-electron chi connectivity index (χ2n) is 8.22. The van der Waals surface area contributed by atoms with Crippen molar-refractivity contribution in [2.45, 2.75) is 20.5 Å². The van der Waals surface area contributed by atoms with Crippen molar-refractivity contribution in [1.29, 1.82) is 0 Å². The minimum atomic E-state index is -0.561. The summed E-state index contributed by atoms with van der Waals surface area (Å²) in [6, 6.07) is 19.8. The van der Waals surface area contributed by atoms with E-state index in [0.717, 1.165) is 28.4 Å². The molecule has 0 aliphatic rings. The Balaban J connectivity index is 0.000000410. The zero-order valence-corrected chi connectivity index (χ0v) is 22.2. The molecule has 0 bridgehead atoms. The Hall–Kier alpha value is -4.09. The molecule has 37 heavy (non-hydrogen) atoms. The molecular weight excluding hydrogens is 487 g/mol. The van der Waals surface area contributed by atoms with Crippen LogP contribution in [0.25, 0.3) is 17.2 Å². The molecule has 0 saturated heterocycles. The van der Waals surface area contributed by atoms with Crippen LogP contribution >= 0.6 is 8.15 Å². The molecule has 194 valence electrons. The zero-order valence-electron chi connectivity index (χ0n) is 21.3. The summed E-state index contributed by atoms with van der Waals surface area (Å²) in [4.78, 5) is 22.7. The molecule has 3 aromatic carbocycles. The second-order valence-corrected chi connectivity index (χ2v) is 10.3. The van der Waals surface area contributed by atoms with Crippen molar-refractivity contribution >= 4 is 37.5 Å². The maximum atomic E-state index is 11.9. The smallest absolute Gasteiger partial charge is 0.335 e. The molecule has 1 atom stereocenters. The molecule has 7 nitrogen and oxygen atoms in total. The predicted octanol–water partition coefficient (Wildman–Crippen LogP) is 6.13. The maximum Gasteiger partial charge on any atom is 0.335 e. The lowest BCUT2D eigenvalue weighted by Crippen LogP contribution is -2.02. The molecule has 0 aliphatic heterocycles. The molecule has 0 heterocycles. The first-order chi connectivity index (χ1) is 17.6. The van der Waals surface area contributed by atoms with Crippen LogP contribution < -0.4 is 11.5 Å². The third kappa shape index (κ3) is 10.6. The number of phenolic OH excluding ortho intramolecular Hbond substituents is 1. The number of benzene rings is 3. The van der Waals surface area contributed by atoms with Crippen LogP contribution in [0.4, 0.5) is 11.4 Å². The quantitative estimate of drug-likeness (QED) is 0.141. The molecule has 0 saturated carbocycles. The van der Waals surface area contributed by atoms with Gasteiger partial charge in [-0.05, 0) is 72.3 Å². The number of anilines is 2. The normalized spacial score (nSPS) is 11.2. The summed E-state index contributed by atoms with van der Waals surface area (Å²) >= 11 is 0. The van der Waals surface area contributed by atoms with Crippen molar-refractivity contribution in [3.63, 3.8) is 0 Å². The fourth-order valence-electron chi connectivity index (χ4n) is 2.92. The van der Waals surface area contributed by atoms with Gasteiger partial charge in [0.2, 0.25) is 0 Å². The van der Waals surface area contributed by atoms with Crippen LogP contribution in [0.1, 0.15) is 25.0 Å². The highest BCUT2D eigenvalue weighted by Gasteiger charge is 2.07. The van der Waals surface area contributed by atoms with Gasteiger partial charge < -0.3 is 25.8 Å². The molecule has 0 amide bonds. The average Bonchev–Trinajstić information content (AvgIpc) is 2.86. The van der Waals surface area contributed by atoms with Crippen molar-refractivity contribution in [3.05, 3.63) is 96.1 Å². The number of hydrogen-bond acceptors (Lipinski definition) is 7. The van der Waals surface area contributed by atoms with Crippen molar-refractivity contribution in [2.24, 2.45) is 0 Å². The number of aromatic hydroxyl groups is 1. The lowest BCUT2D eigenvalue weighted by atomic mass is 10.0. The summed E-state index contributed by atoms with van der Waals surface area (Å²) in [5, 5.41) is 9.35. The van der Waals surface area contributed by atoms with Gasteiger partial charge in [-0.15, -0.1) is 0 Å². The highest BCUT2D eigenvalue weighted by Crippen LogP contribution is 2.31. The van der Waals surface area contributed by atoms with Gasteiger partial charge in [0.1, 0.15) is 12.4 Å². The average molecular weight is 521 g/mol. The molecule has 0 aromatic heterocycles. The van der Waals surface area contributed by atoms with Gasteiger partial charge in [-0.3, -0.25) is 0 Å². The standard InChI is InChI=1S/C22H20N2O3.C7H13O2P/c23-19-11-16(12-20(24)13-19)14-27-22(26)10-3-15-1-4-17(5-2-15)18-6-8-21(25)9-7-18;1-5-10(4)9-7(8)6(2)3/h1-13,25H,14,23-24H2;2,5H2,1,3-4H3/b10-3+;. The predicted molar refractivity (Wildman–Crippen MR) is 152 cm³/mol. The van der Waals surface area contributed by atoms with Gasteiger partial charge in [-0.25, -0.2) is 9.59 Å². The SMILES string of the molecule is C=C(C)C(=O)OP(C)CC.Nc1cc(N)cc(COC(=O)/C=C/c2ccc(-c3ccc(O)cc3)cc2)c1. The maximum absolute atomic E-state index is 11.9. The lowest BCUT2D eigenvalue weighted by Gasteiger charge is -2.08. The Morgan fingerprint density at radius 2 is 1.51 bits per heavy atom. The van der Waals surface area contributed by atoms with Gasteiger partial charge in [0.15, 0.2) is 0 Å². The van der Waals surface area contributed by atoms with Crippen LogP contribution in [-0.4, -0.2) is 29.9 Å². The summed E-state index contributed by atoms with van der Waals surface area (Å²) in [7, 11) is -0.561. The minimum Gasteiger partial charge on any atom is -0.508 e. The molecule has 3 aromatic rings. The Morgan fingerprint density at radius 3 is 2.03 bits per heavy atom. The number of carbonyl (C=O) groups excluding carboxylic acids is 2. The summed E-state index contributed by atoms with van der Waals surface area (Å²) in [5.41, 5.74) is 16.6. The number of hydrogen-bond donors (Lipinski definition) is 3. The lowest BCUT2D eigenvalue weighted by molar-refractivity contribution is -0.139. The Labute approximate surface area is 219 Å². The number of rotatable bonds is 8. The Morgan fingerprint density at radius 1 is 0.973 bits per heavy atom. The van der Waals surface area contributed by atoms with Crippen LogP contribution in [0.15, 0.2) is 85.0 Å². The largest absolute Gasteiger partial charge is 0.508 e. The number of nitrogens with two attached hydrogens (primary N) is 2. The van der Waals surface area contributed by atoms with E-state index in [1.165, 1.54) is 6.08 Å². The molecule has 0 fully saturated rings. The van der Waals surface area contributed by atoms with Gasteiger partial charge in [0.05, 0.1) is 8.15 Å². The second kappa shape index (κ2) is 14.5. The number of phenols is 1. The van der Waals surface area contributed by atoms with Gasteiger partial charge in [0.25, 0.3) is 0 Å². The number of ether oxygens (including phenoxy) is 1. The van der Waals surface area contributed by atoms with Crippen LogP contribution in [0, 0.1) is 0 Å². The van der Waals surface area contributed by atoms with E-state index in [4.69, 9.17) is 20.7 Å². The highest BCUT2D eigenvalue weighted by molar-refractivity contribution is 7.52. The third-order valence-corrected chi connectivity index (χ3v) is 6.34. The van der Waals surface area contributed by atoms with E-state index in [1.54, 1.807) is 43.3 Å². The van der Waals surface area contributed by atoms with E-state index in [0.29, 0.717) is 16.9 Å². The fourth-order valence-corrected chi connectivity index (χ4v) is 3.49.